The van der Waals surface area contributed by atoms with Gasteiger partial charge in [-0.2, -0.15) is 0 Å². The Labute approximate surface area is 200 Å². The summed E-state index contributed by atoms with van der Waals surface area (Å²) in [6.45, 7) is 9.69. The summed E-state index contributed by atoms with van der Waals surface area (Å²) >= 11 is 3.31. The number of alkyl halides is 1. The highest BCUT2D eigenvalue weighted by atomic mass is 79.9. The van der Waals surface area contributed by atoms with Crippen molar-refractivity contribution in [2.75, 3.05) is 17.8 Å². The lowest BCUT2D eigenvalue weighted by molar-refractivity contribution is 0.0485. The number of benzene rings is 1. The van der Waals surface area contributed by atoms with Gasteiger partial charge < -0.3 is 20.1 Å². The molecule has 0 heterocycles. The summed E-state index contributed by atoms with van der Waals surface area (Å²) < 4.78 is 10.3. The average Bonchev–Trinajstić information content (AvgIpc) is 2.72. The second kappa shape index (κ2) is 11.6. The Bertz CT molecular complexity index is 874. The zero-order chi connectivity index (χ0) is 23.9. The van der Waals surface area contributed by atoms with Crippen LogP contribution in [0.15, 0.2) is 12.1 Å². The van der Waals surface area contributed by atoms with E-state index in [0.717, 1.165) is 42.5 Å². The van der Waals surface area contributed by atoms with Gasteiger partial charge in [-0.15, -0.1) is 0 Å². The van der Waals surface area contributed by atoms with Crippen molar-refractivity contribution >= 4 is 33.7 Å². The van der Waals surface area contributed by atoms with Gasteiger partial charge in [0.05, 0.1) is 18.0 Å². The summed E-state index contributed by atoms with van der Waals surface area (Å²) in [4.78, 5) is 24.3. The lowest BCUT2D eigenvalue weighted by Gasteiger charge is -2.34. The molecule has 0 spiro atoms. The van der Waals surface area contributed by atoms with Crippen LogP contribution in [0.1, 0.15) is 74.9 Å². The number of carbonyl (C=O) groups is 2. The smallest absolute Gasteiger partial charge is 0.407 e. The van der Waals surface area contributed by atoms with E-state index in [0.29, 0.717) is 16.8 Å². The van der Waals surface area contributed by atoms with Crippen molar-refractivity contribution < 1.29 is 19.1 Å². The van der Waals surface area contributed by atoms with E-state index in [1.807, 2.05) is 33.8 Å². The number of hydrogen-bond donors (Lipinski definition) is 2. The maximum absolute atomic E-state index is 12.3. The summed E-state index contributed by atoms with van der Waals surface area (Å²) in [5, 5.41) is 7.16. The number of amides is 1. The zero-order valence-corrected chi connectivity index (χ0v) is 21.5. The summed E-state index contributed by atoms with van der Waals surface area (Å²) in [6, 6.07) is 4.12. The number of anilines is 1. The predicted octanol–water partition coefficient (Wildman–Crippen LogP) is 5.41. The summed E-state index contributed by atoms with van der Waals surface area (Å²) in [5.74, 6) is 6.16. The van der Waals surface area contributed by atoms with Crippen LogP contribution in [0, 0.1) is 24.7 Å². The first-order valence-corrected chi connectivity index (χ1v) is 12.2. The number of alkyl carbamates (subject to hydrolysis) is 1. The first-order valence-electron chi connectivity index (χ1n) is 11.1. The Morgan fingerprint density at radius 1 is 1.22 bits per heavy atom. The van der Waals surface area contributed by atoms with E-state index < -0.39 is 5.60 Å². The molecule has 1 unspecified atom stereocenters. The van der Waals surface area contributed by atoms with Crippen LogP contribution in [0.2, 0.25) is 0 Å². The fourth-order valence-electron chi connectivity index (χ4n) is 3.99. The van der Waals surface area contributed by atoms with E-state index in [-0.39, 0.29) is 24.1 Å². The standard InChI is InChI=1S/C25H35BrN2O4/c1-16-21(23(29)31-6)14-18(8-7-13-26)15-22(16)27-17(2)19-9-11-20(12-10-19)28-24(30)32-25(3,4)5/h14-15,17,19-20,27H,9-13H2,1-6H3,(H,28,30). The van der Waals surface area contributed by atoms with Gasteiger partial charge in [0.25, 0.3) is 0 Å². The van der Waals surface area contributed by atoms with Crippen LogP contribution < -0.4 is 10.6 Å². The average molecular weight is 507 g/mol. The maximum atomic E-state index is 12.3. The van der Waals surface area contributed by atoms with Crippen LogP contribution >= 0.6 is 15.9 Å². The zero-order valence-electron chi connectivity index (χ0n) is 19.9. The molecular weight excluding hydrogens is 472 g/mol. The number of nitrogens with one attached hydrogen (secondary N) is 2. The number of ether oxygens (including phenoxy) is 2. The molecule has 32 heavy (non-hydrogen) atoms. The van der Waals surface area contributed by atoms with Crippen LogP contribution in [0.5, 0.6) is 0 Å². The van der Waals surface area contributed by atoms with Gasteiger partial charge in [0.1, 0.15) is 5.60 Å². The second-order valence-corrected chi connectivity index (χ2v) is 9.88. The largest absolute Gasteiger partial charge is 0.465 e. The lowest BCUT2D eigenvalue weighted by Crippen LogP contribution is -2.42. The van der Waals surface area contributed by atoms with Gasteiger partial charge in [-0.05, 0) is 83.9 Å². The molecule has 176 valence electrons. The van der Waals surface area contributed by atoms with Gasteiger partial charge in [0, 0.05) is 23.3 Å². The summed E-state index contributed by atoms with van der Waals surface area (Å²) in [7, 11) is 1.39. The van der Waals surface area contributed by atoms with Gasteiger partial charge in [-0.1, -0.05) is 27.8 Å². The van der Waals surface area contributed by atoms with Crippen LogP contribution in [0.25, 0.3) is 0 Å². The molecule has 0 bridgehead atoms. The van der Waals surface area contributed by atoms with Crippen LogP contribution in [0.3, 0.4) is 0 Å². The Morgan fingerprint density at radius 2 is 1.88 bits per heavy atom. The Balaban J connectivity index is 2.04. The number of halogens is 1. The Kier molecular flexibility index (Phi) is 9.45. The number of hydrogen-bond acceptors (Lipinski definition) is 5. The SMILES string of the molecule is COC(=O)c1cc(C#CCBr)cc(NC(C)C2CCC(NC(=O)OC(C)(C)C)CC2)c1C. The first-order chi connectivity index (χ1) is 15.0. The van der Waals surface area contributed by atoms with Gasteiger partial charge >= 0.3 is 12.1 Å². The molecule has 2 N–H and O–H groups in total. The molecule has 1 atom stereocenters. The molecule has 2 rings (SSSR count). The van der Waals surface area contributed by atoms with E-state index in [1.54, 1.807) is 6.07 Å². The summed E-state index contributed by atoms with van der Waals surface area (Å²) in [6.07, 6.45) is 3.49. The minimum atomic E-state index is -0.492. The van der Waals surface area contributed by atoms with Crippen molar-refractivity contribution in [3.8, 4) is 11.8 Å². The molecule has 1 amide bonds. The molecule has 1 saturated carbocycles. The molecule has 1 aromatic carbocycles. The highest BCUT2D eigenvalue weighted by Crippen LogP contribution is 2.31. The Morgan fingerprint density at radius 3 is 2.44 bits per heavy atom. The highest BCUT2D eigenvalue weighted by Gasteiger charge is 2.28. The summed E-state index contributed by atoms with van der Waals surface area (Å²) in [5.41, 5.74) is 2.56. The molecule has 6 nitrogen and oxygen atoms in total. The molecule has 0 radical (unpaired) electrons. The number of methoxy groups -OCH3 is 1. The van der Waals surface area contributed by atoms with Crippen LogP contribution in [-0.4, -0.2) is 42.2 Å². The lowest BCUT2D eigenvalue weighted by atomic mass is 9.82. The van der Waals surface area contributed by atoms with Crippen molar-refractivity contribution in [3.05, 3.63) is 28.8 Å². The molecule has 0 aromatic heterocycles. The third-order valence-corrected chi connectivity index (χ3v) is 5.98. The molecule has 1 aliphatic rings. The molecular formula is C25H35BrN2O4. The minimum Gasteiger partial charge on any atom is -0.465 e. The molecule has 1 fully saturated rings. The van der Waals surface area contributed by atoms with Crippen molar-refractivity contribution in [1.82, 2.24) is 5.32 Å². The topological polar surface area (TPSA) is 76.7 Å². The predicted molar refractivity (Wildman–Crippen MR) is 131 cm³/mol. The molecule has 7 heteroatoms. The quantitative estimate of drug-likeness (QED) is 0.317. The monoisotopic (exact) mass is 506 g/mol. The van der Waals surface area contributed by atoms with Crippen molar-refractivity contribution in [3.63, 3.8) is 0 Å². The molecule has 1 aromatic rings. The first kappa shape index (κ1) is 26.1. The van der Waals surface area contributed by atoms with Gasteiger partial charge in [-0.25, -0.2) is 9.59 Å². The fourth-order valence-corrected chi connectivity index (χ4v) is 4.13. The van der Waals surface area contributed by atoms with Crippen LogP contribution in [0.4, 0.5) is 10.5 Å². The second-order valence-electron chi connectivity index (χ2n) is 9.31. The van der Waals surface area contributed by atoms with Gasteiger partial charge in [0.2, 0.25) is 0 Å². The van der Waals surface area contributed by atoms with E-state index in [9.17, 15) is 9.59 Å². The molecule has 0 aliphatic heterocycles. The number of carbonyl (C=O) groups excluding carboxylic acids is 2. The minimum absolute atomic E-state index is 0.142. The van der Waals surface area contributed by atoms with Gasteiger partial charge in [-0.3, -0.25) is 0 Å². The number of rotatable bonds is 5. The van der Waals surface area contributed by atoms with Crippen LogP contribution in [-0.2, 0) is 9.47 Å². The number of esters is 1. The van der Waals surface area contributed by atoms with E-state index in [1.165, 1.54) is 7.11 Å². The van der Waals surface area contributed by atoms with E-state index in [4.69, 9.17) is 9.47 Å². The highest BCUT2D eigenvalue weighted by molar-refractivity contribution is 9.09. The van der Waals surface area contributed by atoms with E-state index >= 15 is 0 Å². The normalized spacial score (nSPS) is 19.2. The Hall–Kier alpha value is -2.20. The fraction of sp³-hybridized carbons (Fsp3) is 0.600. The van der Waals surface area contributed by atoms with Crippen molar-refractivity contribution in [2.24, 2.45) is 5.92 Å². The molecule has 0 saturated heterocycles. The van der Waals surface area contributed by atoms with Crippen molar-refractivity contribution in [1.29, 1.82) is 0 Å². The molecule has 1 aliphatic carbocycles. The van der Waals surface area contributed by atoms with E-state index in [2.05, 4.69) is 45.3 Å². The third-order valence-electron chi connectivity index (χ3n) is 5.70. The van der Waals surface area contributed by atoms with Gasteiger partial charge in [0.15, 0.2) is 0 Å². The maximum Gasteiger partial charge on any atom is 0.407 e. The third kappa shape index (κ3) is 7.74. The van der Waals surface area contributed by atoms with Crippen molar-refractivity contribution in [2.45, 2.75) is 78.0 Å².